The van der Waals surface area contributed by atoms with Crippen LogP contribution in [0.3, 0.4) is 0 Å². The summed E-state index contributed by atoms with van der Waals surface area (Å²) in [5.41, 5.74) is 2.19. The molecule has 0 bridgehead atoms. The summed E-state index contributed by atoms with van der Waals surface area (Å²) in [7, 11) is 1.31. The summed E-state index contributed by atoms with van der Waals surface area (Å²) in [6.07, 6.45) is 0. The lowest BCUT2D eigenvalue weighted by molar-refractivity contribution is -0.115. The predicted octanol–water partition coefficient (Wildman–Crippen LogP) is 1.94. The summed E-state index contributed by atoms with van der Waals surface area (Å²) in [4.78, 5) is 39.9. The van der Waals surface area contributed by atoms with Gasteiger partial charge in [0.05, 0.1) is 19.2 Å². The normalized spacial score (nSPS) is 14.1. The minimum atomic E-state index is -0.441. The number of esters is 1. The first-order valence-electron chi connectivity index (χ1n) is 9.82. The highest BCUT2D eigenvalue weighted by Crippen LogP contribution is 2.11. The van der Waals surface area contributed by atoms with Crippen molar-refractivity contribution in [1.82, 2.24) is 15.1 Å². The zero-order valence-corrected chi connectivity index (χ0v) is 17.0. The maximum Gasteiger partial charge on any atom is 0.337 e. The van der Waals surface area contributed by atoms with Crippen molar-refractivity contribution in [3.63, 3.8) is 0 Å². The van der Waals surface area contributed by atoms with Crippen LogP contribution in [0.5, 0.6) is 0 Å². The maximum absolute atomic E-state index is 12.3. The first kappa shape index (κ1) is 21.3. The Balaban J connectivity index is 1.38. The lowest BCUT2D eigenvalue weighted by Gasteiger charge is -2.34. The first-order chi connectivity index (χ1) is 14.5. The van der Waals surface area contributed by atoms with Gasteiger partial charge in [-0.25, -0.2) is 9.59 Å². The third kappa shape index (κ3) is 6.05. The Morgan fingerprint density at radius 1 is 0.933 bits per heavy atom. The van der Waals surface area contributed by atoms with Crippen LogP contribution < -0.4 is 10.6 Å². The molecule has 2 N–H and O–H groups in total. The fourth-order valence-corrected chi connectivity index (χ4v) is 3.23. The number of benzene rings is 2. The molecular weight excluding hydrogens is 384 g/mol. The molecule has 158 valence electrons. The predicted molar refractivity (Wildman–Crippen MR) is 113 cm³/mol. The Labute approximate surface area is 175 Å². The van der Waals surface area contributed by atoms with Gasteiger partial charge >= 0.3 is 12.0 Å². The van der Waals surface area contributed by atoms with Crippen LogP contribution in [-0.2, 0) is 16.1 Å². The molecule has 2 aromatic rings. The number of rotatable bonds is 6. The van der Waals surface area contributed by atoms with Crippen LogP contribution in [0.15, 0.2) is 54.6 Å². The number of ether oxygens (including phenoxy) is 1. The summed E-state index contributed by atoms with van der Waals surface area (Å²) in [6, 6.07) is 16.3. The number of carbonyl (C=O) groups is 3. The van der Waals surface area contributed by atoms with E-state index in [4.69, 9.17) is 0 Å². The van der Waals surface area contributed by atoms with Gasteiger partial charge in [-0.3, -0.25) is 9.69 Å². The van der Waals surface area contributed by atoms with E-state index in [1.165, 1.54) is 12.7 Å². The van der Waals surface area contributed by atoms with Gasteiger partial charge in [-0.2, -0.15) is 0 Å². The fourth-order valence-electron chi connectivity index (χ4n) is 3.23. The standard InChI is InChI=1S/C22H26N4O4/c1-30-21(28)18-7-9-19(10-8-18)24-20(27)15-23-22(29)26-13-11-25(12-14-26)16-17-5-3-2-4-6-17/h2-10H,11-16H2,1H3,(H,23,29)(H,24,27). The fraction of sp³-hybridized carbons (Fsp3) is 0.318. The van der Waals surface area contributed by atoms with Crippen molar-refractivity contribution in [3.05, 3.63) is 65.7 Å². The van der Waals surface area contributed by atoms with Crippen LogP contribution in [-0.4, -0.2) is 67.5 Å². The molecule has 0 aromatic heterocycles. The minimum absolute atomic E-state index is 0.123. The molecule has 0 atom stereocenters. The molecule has 0 saturated carbocycles. The van der Waals surface area contributed by atoms with E-state index in [-0.39, 0.29) is 18.5 Å². The molecule has 0 aliphatic carbocycles. The highest BCUT2D eigenvalue weighted by atomic mass is 16.5. The number of nitrogens with one attached hydrogen (secondary N) is 2. The Kier molecular flexibility index (Phi) is 7.40. The van der Waals surface area contributed by atoms with Crippen LogP contribution in [0.1, 0.15) is 15.9 Å². The van der Waals surface area contributed by atoms with Crippen molar-refractivity contribution < 1.29 is 19.1 Å². The van der Waals surface area contributed by atoms with Gasteiger partial charge in [0.25, 0.3) is 0 Å². The van der Waals surface area contributed by atoms with E-state index in [0.717, 1.165) is 19.6 Å². The molecule has 8 nitrogen and oxygen atoms in total. The molecular formula is C22H26N4O4. The van der Waals surface area contributed by atoms with Gasteiger partial charge in [0.1, 0.15) is 0 Å². The van der Waals surface area contributed by atoms with E-state index in [0.29, 0.717) is 24.3 Å². The molecule has 8 heteroatoms. The summed E-state index contributed by atoms with van der Waals surface area (Å²) in [5, 5.41) is 5.34. The van der Waals surface area contributed by atoms with Gasteiger partial charge in [-0.05, 0) is 29.8 Å². The second kappa shape index (κ2) is 10.4. The molecule has 3 amide bonds. The largest absolute Gasteiger partial charge is 0.465 e. The molecule has 1 saturated heterocycles. The van der Waals surface area contributed by atoms with Crippen molar-refractivity contribution in [2.24, 2.45) is 0 Å². The monoisotopic (exact) mass is 410 g/mol. The molecule has 2 aromatic carbocycles. The Hall–Kier alpha value is -3.39. The van der Waals surface area contributed by atoms with Crippen LogP contribution in [0.4, 0.5) is 10.5 Å². The van der Waals surface area contributed by atoms with Crippen molar-refractivity contribution in [2.75, 3.05) is 45.2 Å². The topological polar surface area (TPSA) is 91.0 Å². The molecule has 0 radical (unpaired) electrons. The molecule has 0 unspecified atom stereocenters. The summed E-state index contributed by atoms with van der Waals surface area (Å²) >= 11 is 0. The SMILES string of the molecule is COC(=O)c1ccc(NC(=O)CNC(=O)N2CCN(Cc3ccccc3)CC2)cc1. The van der Waals surface area contributed by atoms with Gasteiger partial charge in [0, 0.05) is 38.4 Å². The third-order valence-corrected chi connectivity index (χ3v) is 4.90. The summed E-state index contributed by atoms with van der Waals surface area (Å²) in [6.45, 7) is 3.57. The molecule has 1 aliphatic heterocycles. The lowest BCUT2D eigenvalue weighted by Crippen LogP contribution is -2.52. The van der Waals surface area contributed by atoms with E-state index >= 15 is 0 Å². The summed E-state index contributed by atoms with van der Waals surface area (Å²) < 4.78 is 4.63. The number of hydrogen-bond acceptors (Lipinski definition) is 5. The van der Waals surface area contributed by atoms with E-state index in [2.05, 4.69) is 32.4 Å². The van der Waals surface area contributed by atoms with Gasteiger partial charge in [0.2, 0.25) is 5.91 Å². The van der Waals surface area contributed by atoms with E-state index < -0.39 is 5.97 Å². The minimum Gasteiger partial charge on any atom is -0.465 e. The molecule has 3 rings (SSSR count). The highest BCUT2D eigenvalue weighted by Gasteiger charge is 2.21. The zero-order chi connectivity index (χ0) is 21.3. The number of urea groups is 1. The van der Waals surface area contributed by atoms with E-state index in [1.807, 2.05) is 18.2 Å². The number of methoxy groups -OCH3 is 1. The van der Waals surface area contributed by atoms with Crippen LogP contribution in [0.25, 0.3) is 0 Å². The summed E-state index contributed by atoms with van der Waals surface area (Å²) in [5.74, 6) is -0.777. The number of carbonyl (C=O) groups excluding carboxylic acids is 3. The first-order valence-corrected chi connectivity index (χ1v) is 9.82. The molecule has 1 aliphatic rings. The number of anilines is 1. The second-order valence-electron chi connectivity index (χ2n) is 7.02. The van der Waals surface area contributed by atoms with Crippen molar-refractivity contribution in [1.29, 1.82) is 0 Å². The number of hydrogen-bond donors (Lipinski definition) is 2. The van der Waals surface area contributed by atoms with Crippen molar-refractivity contribution in [3.8, 4) is 0 Å². The van der Waals surface area contributed by atoms with Gasteiger partial charge in [-0.15, -0.1) is 0 Å². The highest BCUT2D eigenvalue weighted by molar-refractivity contribution is 5.95. The average molecular weight is 410 g/mol. The average Bonchev–Trinajstić information content (AvgIpc) is 2.78. The molecule has 1 heterocycles. The van der Waals surface area contributed by atoms with Crippen molar-refractivity contribution in [2.45, 2.75) is 6.54 Å². The van der Waals surface area contributed by atoms with E-state index in [9.17, 15) is 14.4 Å². The lowest BCUT2D eigenvalue weighted by atomic mass is 10.2. The number of nitrogens with zero attached hydrogens (tertiary/aromatic N) is 2. The number of amides is 3. The number of piperazine rings is 1. The quantitative estimate of drug-likeness (QED) is 0.711. The zero-order valence-electron chi connectivity index (χ0n) is 17.0. The van der Waals surface area contributed by atoms with Crippen LogP contribution in [0.2, 0.25) is 0 Å². The smallest absolute Gasteiger partial charge is 0.337 e. The van der Waals surface area contributed by atoms with Crippen molar-refractivity contribution >= 4 is 23.6 Å². The van der Waals surface area contributed by atoms with E-state index in [1.54, 1.807) is 29.2 Å². The van der Waals surface area contributed by atoms with Gasteiger partial charge in [0.15, 0.2) is 0 Å². The molecule has 0 spiro atoms. The van der Waals surface area contributed by atoms with Crippen LogP contribution in [0, 0.1) is 0 Å². The van der Waals surface area contributed by atoms with Crippen LogP contribution >= 0.6 is 0 Å². The Morgan fingerprint density at radius 2 is 1.60 bits per heavy atom. The van der Waals surface area contributed by atoms with Gasteiger partial charge < -0.3 is 20.3 Å². The van der Waals surface area contributed by atoms with Gasteiger partial charge in [-0.1, -0.05) is 30.3 Å². The maximum atomic E-state index is 12.3. The Morgan fingerprint density at radius 3 is 2.23 bits per heavy atom. The molecule has 30 heavy (non-hydrogen) atoms. The second-order valence-corrected chi connectivity index (χ2v) is 7.02. The Bertz CT molecular complexity index is 862. The third-order valence-electron chi connectivity index (χ3n) is 4.90. The molecule has 1 fully saturated rings.